The van der Waals surface area contributed by atoms with Gasteiger partial charge in [0.05, 0.1) is 20.3 Å². The topological polar surface area (TPSA) is 56.5 Å². The Morgan fingerprint density at radius 3 is 2.43 bits per heavy atom. The average molecular weight is 351 g/mol. The molecule has 1 unspecified atom stereocenters. The minimum absolute atomic E-state index is 0.164. The van der Waals surface area contributed by atoms with Crippen LogP contribution >= 0.6 is 15.9 Å². The highest BCUT2D eigenvalue weighted by molar-refractivity contribution is 9.10. The molecule has 3 N–H and O–H groups in total. The predicted octanol–water partition coefficient (Wildman–Crippen LogP) is 3.33. The van der Waals surface area contributed by atoms with Gasteiger partial charge in [0.1, 0.15) is 11.5 Å². The van der Waals surface area contributed by atoms with Crippen LogP contribution in [0.25, 0.3) is 0 Å². The van der Waals surface area contributed by atoms with Crippen molar-refractivity contribution in [2.45, 2.75) is 13.0 Å². The molecule has 4 nitrogen and oxygen atoms in total. The van der Waals surface area contributed by atoms with E-state index in [-0.39, 0.29) is 6.04 Å². The van der Waals surface area contributed by atoms with E-state index in [1.54, 1.807) is 14.2 Å². The summed E-state index contributed by atoms with van der Waals surface area (Å²) in [6, 6.07) is 11.7. The van der Waals surface area contributed by atoms with Crippen LogP contribution < -0.4 is 20.7 Å². The van der Waals surface area contributed by atoms with E-state index in [1.807, 2.05) is 31.2 Å². The summed E-state index contributed by atoms with van der Waals surface area (Å²) in [5.41, 5.74) is 6.04. The van der Waals surface area contributed by atoms with Crippen LogP contribution in [0.5, 0.6) is 11.5 Å². The number of nitrogens with one attached hydrogen (secondary N) is 1. The van der Waals surface area contributed by atoms with Gasteiger partial charge in [-0.25, -0.2) is 5.43 Å². The van der Waals surface area contributed by atoms with Crippen LogP contribution in [-0.2, 0) is 0 Å². The zero-order valence-corrected chi connectivity index (χ0v) is 13.9. The van der Waals surface area contributed by atoms with E-state index < -0.39 is 0 Å². The minimum Gasteiger partial charge on any atom is -0.497 e. The van der Waals surface area contributed by atoms with E-state index in [9.17, 15) is 0 Å². The number of methoxy groups -OCH3 is 2. The summed E-state index contributed by atoms with van der Waals surface area (Å²) in [5.74, 6) is 7.24. The summed E-state index contributed by atoms with van der Waals surface area (Å²) in [6.45, 7) is 2.05. The molecule has 2 rings (SSSR count). The summed E-state index contributed by atoms with van der Waals surface area (Å²) < 4.78 is 11.7. The molecule has 112 valence electrons. The number of aryl methyl sites for hydroxylation is 1. The molecule has 1 atom stereocenters. The van der Waals surface area contributed by atoms with Gasteiger partial charge in [-0.15, -0.1) is 0 Å². The molecule has 0 saturated carbocycles. The number of halogens is 1. The Morgan fingerprint density at radius 1 is 1.10 bits per heavy atom. The highest BCUT2D eigenvalue weighted by atomic mass is 79.9. The SMILES string of the molecule is COc1ccc(C(NN)c2ccc(C)c(Br)c2)c(OC)c1. The molecule has 0 saturated heterocycles. The number of hydrogen-bond acceptors (Lipinski definition) is 4. The van der Waals surface area contributed by atoms with Crippen molar-refractivity contribution in [1.29, 1.82) is 0 Å². The normalized spacial score (nSPS) is 12.0. The van der Waals surface area contributed by atoms with Crippen molar-refractivity contribution in [3.8, 4) is 11.5 Å². The van der Waals surface area contributed by atoms with Crippen LogP contribution in [0.3, 0.4) is 0 Å². The highest BCUT2D eigenvalue weighted by Gasteiger charge is 2.18. The van der Waals surface area contributed by atoms with Gasteiger partial charge in [0.2, 0.25) is 0 Å². The number of rotatable bonds is 5. The van der Waals surface area contributed by atoms with Gasteiger partial charge in [0, 0.05) is 16.1 Å². The number of hydrazine groups is 1. The molecular weight excluding hydrogens is 332 g/mol. The zero-order chi connectivity index (χ0) is 15.4. The Morgan fingerprint density at radius 2 is 1.86 bits per heavy atom. The van der Waals surface area contributed by atoms with Crippen LogP contribution in [0.1, 0.15) is 22.7 Å². The zero-order valence-electron chi connectivity index (χ0n) is 12.3. The fourth-order valence-corrected chi connectivity index (χ4v) is 2.61. The summed E-state index contributed by atoms with van der Waals surface area (Å²) >= 11 is 3.55. The number of nitrogens with two attached hydrogens (primary N) is 1. The standard InChI is InChI=1S/C16H19BrN2O2/c1-10-4-5-11(8-14(10)17)16(19-18)13-7-6-12(20-2)9-15(13)21-3/h4-9,16,19H,18H2,1-3H3. The van der Waals surface area contributed by atoms with Crippen LogP contribution in [0.2, 0.25) is 0 Å². The number of benzene rings is 2. The molecule has 0 radical (unpaired) electrons. The third-order valence-electron chi connectivity index (χ3n) is 3.45. The van der Waals surface area contributed by atoms with E-state index in [4.69, 9.17) is 15.3 Å². The molecule has 0 aliphatic rings. The largest absolute Gasteiger partial charge is 0.497 e. The van der Waals surface area contributed by atoms with Gasteiger partial charge in [-0.1, -0.05) is 28.1 Å². The smallest absolute Gasteiger partial charge is 0.127 e. The Hall–Kier alpha value is -1.56. The first-order valence-corrected chi connectivity index (χ1v) is 7.34. The first-order chi connectivity index (χ1) is 10.1. The molecule has 0 bridgehead atoms. The van der Waals surface area contributed by atoms with E-state index in [2.05, 4.69) is 33.5 Å². The molecule has 0 amide bonds. The molecule has 0 aliphatic carbocycles. The van der Waals surface area contributed by atoms with Crippen LogP contribution in [0.15, 0.2) is 40.9 Å². The number of hydrogen-bond donors (Lipinski definition) is 2. The van der Waals surface area contributed by atoms with Gasteiger partial charge in [-0.05, 0) is 36.2 Å². The van der Waals surface area contributed by atoms with Crippen molar-refractivity contribution in [2.75, 3.05) is 14.2 Å². The molecule has 2 aromatic carbocycles. The fraction of sp³-hybridized carbons (Fsp3) is 0.250. The highest BCUT2D eigenvalue weighted by Crippen LogP contribution is 2.33. The lowest BCUT2D eigenvalue weighted by atomic mass is 9.97. The second kappa shape index (κ2) is 6.93. The van der Waals surface area contributed by atoms with Crippen molar-refractivity contribution in [3.63, 3.8) is 0 Å². The molecule has 0 fully saturated rings. The van der Waals surface area contributed by atoms with Crippen molar-refractivity contribution in [3.05, 3.63) is 57.6 Å². The maximum atomic E-state index is 5.77. The molecule has 0 aromatic heterocycles. The maximum absolute atomic E-state index is 5.77. The Balaban J connectivity index is 2.47. The molecule has 0 spiro atoms. The predicted molar refractivity (Wildman–Crippen MR) is 87.6 cm³/mol. The first kappa shape index (κ1) is 15.8. The van der Waals surface area contributed by atoms with E-state index in [0.717, 1.165) is 27.1 Å². The van der Waals surface area contributed by atoms with Crippen LogP contribution in [0, 0.1) is 6.92 Å². The van der Waals surface area contributed by atoms with Crippen molar-refractivity contribution in [1.82, 2.24) is 5.43 Å². The summed E-state index contributed by atoms with van der Waals surface area (Å²) in [6.07, 6.45) is 0. The van der Waals surface area contributed by atoms with E-state index in [1.165, 1.54) is 5.56 Å². The summed E-state index contributed by atoms with van der Waals surface area (Å²) in [4.78, 5) is 0. The van der Waals surface area contributed by atoms with Crippen LogP contribution in [0.4, 0.5) is 0 Å². The minimum atomic E-state index is -0.164. The lowest BCUT2D eigenvalue weighted by molar-refractivity contribution is 0.387. The first-order valence-electron chi connectivity index (χ1n) is 6.54. The Kier molecular flexibility index (Phi) is 5.22. The van der Waals surface area contributed by atoms with Crippen molar-refractivity contribution in [2.24, 2.45) is 5.84 Å². The van der Waals surface area contributed by atoms with Gasteiger partial charge in [0.15, 0.2) is 0 Å². The second-order valence-electron chi connectivity index (χ2n) is 4.72. The molecule has 0 heterocycles. The average Bonchev–Trinajstić information content (AvgIpc) is 2.51. The molecule has 0 aliphatic heterocycles. The van der Waals surface area contributed by atoms with Gasteiger partial charge in [0.25, 0.3) is 0 Å². The lowest BCUT2D eigenvalue weighted by Gasteiger charge is -2.20. The van der Waals surface area contributed by atoms with E-state index >= 15 is 0 Å². The van der Waals surface area contributed by atoms with Gasteiger partial charge < -0.3 is 9.47 Å². The van der Waals surface area contributed by atoms with Gasteiger partial charge in [-0.2, -0.15) is 0 Å². The fourth-order valence-electron chi connectivity index (χ4n) is 2.21. The third-order valence-corrected chi connectivity index (χ3v) is 4.30. The van der Waals surface area contributed by atoms with E-state index in [0.29, 0.717) is 0 Å². The van der Waals surface area contributed by atoms with Gasteiger partial charge in [-0.3, -0.25) is 5.84 Å². The molecular formula is C16H19BrN2O2. The van der Waals surface area contributed by atoms with Crippen molar-refractivity contribution >= 4 is 15.9 Å². The quantitative estimate of drug-likeness (QED) is 0.641. The lowest BCUT2D eigenvalue weighted by Crippen LogP contribution is -2.29. The molecule has 21 heavy (non-hydrogen) atoms. The summed E-state index contributed by atoms with van der Waals surface area (Å²) in [7, 11) is 3.26. The third kappa shape index (κ3) is 3.37. The number of ether oxygens (including phenoxy) is 2. The molecule has 5 heteroatoms. The van der Waals surface area contributed by atoms with Crippen LogP contribution in [-0.4, -0.2) is 14.2 Å². The summed E-state index contributed by atoms with van der Waals surface area (Å²) in [5, 5.41) is 0. The Labute approximate surface area is 133 Å². The van der Waals surface area contributed by atoms with Crippen molar-refractivity contribution < 1.29 is 9.47 Å². The second-order valence-corrected chi connectivity index (χ2v) is 5.57. The molecule has 2 aromatic rings. The maximum Gasteiger partial charge on any atom is 0.127 e. The monoisotopic (exact) mass is 350 g/mol. The van der Waals surface area contributed by atoms with Gasteiger partial charge >= 0.3 is 0 Å². The Bertz CT molecular complexity index is 632.